The number of benzene rings is 1. The predicted octanol–water partition coefficient (Wildman–Crippen LogP) is 9.95. The van der Waals surface area contributed by atoms with Crippen molar-refractivity contribution in [2.24, 2.45) is 0 Å². The lowest BCUT2D eigenvalue weighted by Crippen LogP contribution is -1.97. The number of aryl methyl sites for hydroxylation is 1. The van der Waals surface area contributed by atoms with Crippen molar-refractivity contribution in [1.29, 1.82) is 0 Å². The molecule has 0 saturated heterocycles. The summed E-state index contributed by atoms with van der Waals surface area (Å²) in [6.45, 7) is 5.36. The Labute approximate surface area is 204 Å². The predicted molar refractivity (Wildman–Crippen MR) is 144 cm³/mol. The number of hydrogen-bond donors (Lipinski definition) is 0. The zero-order valence-corrected chi connectivity index (χ0v) is 21.6. The van der Waals surface area contributed by atoms with E-state index in [-0.39, 0.29) is 0 Å². The third-order valence-electron chi connectivity index (χ3n) is 6.56. The van der Waals surface area contributed by atoms with Crippen LogP contribution in [-0.4, -0.2) is 11.6 Å². The van der Waals surface area contributed by atoms with Crippen LogP contribution in [0.4, 0.5) is 0 Å². The molecule has 0 amide bonds. The fraction of sp³-hybridized carbons (Fsp3) is 0.645. The van der Waals surface area contributed by atoms with E-state index in [1.54, 1.807) is 0 Å². The third-order valence-corrected chi connectivity index (χ3v) is 6.56. The van der Waals surface area contributed by atoms with E-state index in [9.17, 15) is 0 Å². The SMILES string of the molecule is CCCCCCCCCCCCc1ccc(-c2ccc(OCCCCCCCC)cc2)nc1. The standard InChI is InChI=1S/C31H49NO/c1-3-5-7-9-11-12-13-14-15-17-19-28-20-25-31(32-27-28)29-21-23-30(24-22-29)33-26-18-16-10-8-6-4-2/h20-25,27H,3-19,26H2,1-2H3. The van der Waals surface area contributed by atoms with E-state index in [1.807, 2.05) is 0 Å². The van der Waals surface area contributed by atoms with E-state index in [0.29, 0.717) is 0 Å². The summed E-state index contributed by atoms with van der Waals surface area (Å²) in [5, 5.41) is 0. The van der Waals surface area contributed by atoms with Crippen LogP contribution in [0.3, 0.4) is 0 Å². The number of aromatic nitrogens is 1. The van der Waals surface area contributed by atoms with Gasteiger partial charge in [0.15, 0.2) is 0 Å². The van der Waals surface area contributed by atoms with E-state index in [0.717, 1.165) is 36.5 Å². The van der Waals surface area contributed by atoms with Crippen molar-refractivity contribution in [3.8, 4) is 17.0 Å². The van der Waals surface area contributed by atoms with Crippen LogP contribution in [0, 0.1) is 0 Å². The van der Waals surface area contributed by atoms with Gasteiger partial charge in [0, 0.05) is 11.8 Å². The van der Waals surface area contributed by atoms with Crippen molar-refractivity contribution < 1.29 is 4.74 Å². The summed E-state index contributed by atoms with van der Waals surface area (Å²) in [5.41, 5.74) is 3.56. The second kappa shape index (κ2) is 18.6. The quantitative estimate of drug-likeness (QED) is 0.187. The van der Waals surface area contributed by atoms with Crippen molar-refractivity contribution in [2.75, 3.05) is 6.61 Å². The van der Waals surface area contributed by atoms with Gasteiger partial charge < -0.3 is 4.74 Å². The van der Waals surface area contributed by atoms with Gasteiger partial charge in [-0.3, -0.25) is 4.98 Å². The monoisotopic (exact) mass is 451 g/mol. The van der Waals surface area contributed by atoms with E-state index in [4.69, 9.17) is 9.72 Å². The van der Waals surface area contributed by atoms with Gasteiger partial charge in [-0.2, -0.15) is 0 Å². The minimum atomic E-state index is 0.817. The Morgan fingerprint density at radius 1 is 0.576 bits per heavy atom. The van der Waals surface area contributed by atoms with E-state index >= 15 is 0 Å². The molecule has 0 aliphatic heterocycles. The molecule has 33 heavy (non-hydrogen) atoms. The fourth-order valence-corrected chi connectivity index (χ4v) is 4.35. The maximum absolute atomic E-state index is 5.90. The van der Waals surface area contributed by atoms with Crippen LogP contribution in [0.5, 0.6) is 5.75 Å². The lowest BCUT2D eigenvalue weighted by Gasteiger charge is -2.08. The van der Waals surface area contributed by atoms with E-state index in [2.05, 4.69) is 56.4 Å². The lowest BCUT2D eigenvalue weighted by molar-refractivity contribution is 0.304. The minimum Gasteiger partial charge on any atom is -0.494 e. The Balaban J connectivity index is 1.58. The molecule has 0 spiro atoms. The maximum atomic E-state index is 5.90. The zero-order valence-electron chi connectivity index (χ0n) is 21.6. The molecule has 0 unspecified atom stereocenters. The molecule has 0 fully saturated rings. The first kappa shape index (κ1) is 27.4. The first-order valence-corrected chi connectivity index (χ1v) is 14.0. The maximum Gasteiger partial charge on any atom is 0.119 e. The number of nitrogens with zero attached hydrogens (tertiary/aromatic N) is 1. The van der Waals surface area contributed by atoms with Crippen LogP contribution < -0.4 is 4.74 Å². The van der Waals surface area contributed by atoms with Crippen molar-refractivity contribution in [1.82, 2.24) is 4.98 Å². The number of rotatable bonds is 20. The first-order valence-electron chi connectivity index (χ1n) is 14.0. The van der Waals surface area contributed by atoms with Crippen LogP contribution in [-0.2, 0) is 6.42 Å². The van der Waals surface area contributed by atoms with Gasteiger partial charge in [0.05, 0.1) is 12.3 Å². The van der Waals surface area contributed by atoms with Gasteiger partial charge >= 0.3 is 0 Å². The highest BCUT2D eigenvalue weighted by Gasteiger charge is 2.02. The molecule has 0 saturated carbocycles. The van der Waals surface area contributed by atoms with Gasteiger partial charge in [-0.1, -0.05) is 110 Å². The average molecular weight is 452 g/mol. The molecule has 0 aliphatic carbocycles. The molecule has 0 bridgehead atoms. The first-order chi connectivity index (χ1) is 16.3. The van der Waals surface area contributed by atoms with E-state index in [1.165, 1.54) is 102 Å². The number of hydrogen-bond acceptors (Lipinski definition) is 2. The second-order valence-electron chi connectivity index (χ2n) is 9.62. The molecular weight excluding hydrogens is 402 g/mol. The highest BCUT2D eigenvalue weighted by Crippen LogP contribution is 2.22. The molecule has 0 atom stereocenters. The van der Waals surface area contributed by atoms with Crippen molar-refractivity contribution in [2.45, 2.75) is 123 Å². The normalized spacial score (nSPS) is 11.1. The highest BCUT2D eigenvalue weighted by molar-refractivity contribution is 5.60. The van der Waals surface area contributed by atoms with Crippen LogP contribution >= 0.6 is 0 Å². The van der Waals surface area contributed by atoms with Gasteiger partial charge in [0.25, 0.3) is 0 Å². The van der Waals surface area contributed by atoms with Crippen molar-refractivity contribution in [3.63, 3.8) is 0 Å². The summed E-state index contributed by atoms with van der Waals surface area (Å²) in [5.74, 6) is 0.963. The molecular formula is C31H49NO. The molecule has 0 aliphatic rings. The van der Waals surface area contributed by atoms with Gasteiger partial charge in [-0.05, 0) is 55.2 Å². The van der Waals surface area contributed by atoms with Crippen LogP contribution in [0.1, 0.15) is 122 Å². The zero-order chi connectivity index (χ0) is 23.4. The van der Waals surface area contributed by atoms with Gasteiger partial charge in [-0.25, -0.2) is 0 Å². The average Bonchev–Trinajstić information content (AvgIpc) is 2.85. The fourth-order valence-electron chi connectivity index (χ4n) is 4.35. The largest absolute Gasteiger partial charge is 0.494 e. The van der Waals surface area contributed by atoms with Gasteiger partial charge in [0.2, 0.25) is 0 Å². The van der Waals surface area contributed by atoms with E-state index < -0.39 is 0 Å². The molecule has 2 rings (SSSR count). The summed E-state index contributed by atoms with van der Waals surface area (Å²) in [6.07, 6.45) is 24.8. The molecule has 1 aromatic heterocycles. The topological polar surface area (TPSA) is 22.1 Å². The highest BCUT2D eigenvalue weighted by atomic mass is 16.5. The molecule has 1 heterocycles. The third kappa shape index (κ3) is 12.8. The summed E-state index contributed by atoms with van der Waals surface area (Å²) < 4.78 is 5.90. The molecule has 0 N–H and O–H groups in total. The van der Waals surface area contributed by atoms with Crippen LogP contribution in [0.25, 0.3) is 11.3 Å². The summed E-state index contributed by atoms with van der Waals surface area (Å²) in [6, 6.07) is 12.8. The molecule has 2 aromatic rings. The summed E-state index contributed by atoms with van der Waals surface area (Å²) >= 11 is 0. The lowest BCUT2D eigenvalue weighted by atomic mass is 10.0. The number of unbranched alkanes of at least 4 members (excludes halogenated alkanes) is 14. The smallest absolute Gasteiger partial charge is 0.119 e. The Hall–Kier alpha value is -1.83. The van der Waals surface area contributed by atoms with Crippen LogP contribution in [0.15, 0.2) is 42.6 Å². The molecule has 2 nitrogen and oxygen atoms in total. The minimum absolute atomic E-state index is 0.817. The van der Waals surface area contributed by atoms with Crippen LogP contribution in [0.2, 0.25) is 0 Å². The van der Waals surface area contributed by atoms with Gasteiger partial charge in [0.1, 0.15) is 5.75 Å². The number of ether oxygens (including phenoxy) is 1. The Morgan fingerprint density at radius 3 is 1.67 bits per heavy atom. The van der Waals surface area contributed by atoms with Gasteiger partial charge in [-0.15, -0.1) is 0 Å². The second-order valence-corrected chi connectivity index (χ2v) is 9.62. The summed E-state index contributed by atoms with van der Waals surface area (Å²) in [4.78, 5) is 4.71. The van der Waals surface area contributed by atoms with Crippen molar-refractivity contribution in [3.05, 3.63) is 48.2 Å². The Bertz CT molecular complexity index is 692. The van der Waals surface area contributed by atoms with Crippen molar-refractivity contribution >= 4 is 0 Å². The molecule has 1 aromatic carbocycles. The molecule has 2 heteroatoms. The molecule has 184 valence electrons. The summed E-state index contributed by atoms with van der Waals surface area (Å²) in [7, 11) is 0. The number of pyridine rings is 1. The molecule has 0 radical (unpaired) electrons. The Kier molecular flexibility index (Phi) is 15.4. The Morgan fingerprint density at radius 2 is 1.12 bits per heavy atom.